The summed E-state index contributed by atoms with van der Waals surface area (Å²) in [7, 11) is -1.37. The largest absolute Gasteiger partial charge is 0.488 e. The molecular formula is C13H21BO3. The quantitative estimate of drug-likeness (QED) is 0.525. The molecular weight excluding hydrogens is 215 g/mol. The molecule has 4 heteroatoms. The van der Waals surface area contributed by atoms with E-state index in [0.717, 1.165) is 38.9 Å². The first kappa shape index (κ1) is 14.2. The smallest absolute Gasteiger partial charge is 0.423 e. The van der Waals surface area contributed by atoms with E-state index in [1.165, 1.54) is 5.56 Å². The SMILES string of the molecule is CCCOCCCCc1ccc(B(O)O)cc1. The summed E-state index contributed by atoms with van der Waals surface area (Å²) >= 11 is 0. The topological polar surface area (TPSA) is 49.7 Å². The van der Waals surface area contributed by atoms with Gasteiger partial charge in [0, 0.05) is 13.2 Å². The first-order chi connectivity index (χ1) is 8.24. The summed E-state index contributed by atoms with van der Waals surface area (Å²) in [6.07, 6.45) is 4.26. The molecule has 1 rings (SSSR count). The molecule has 0 heterocycles. The minimum Gasteiger partial charge on any atom is -0.423 e. The molecule has 1 aromatic carbocycles. The molecule has 0 saturated heterocycles. The number of rotatable bonds is 8. The zero-order valence-corrected chi connectivity index (χ0v) is 10.4. The van der Waals surface area contributed by atoms with Gasteiger partial charge in [0.25, 0.3) is 0 Å². The van der Waals surface area contributed by atoms with Gasteiger partial charge in [0.05, 0.1) is 0 Å². The molecule has 0 aromatic heterocycles. The Balaban J connectivity index is 2.19. The Hall–Kier alpha value is -0.835. The number of aryl methyl sites for hydroxylation is 1. The monoisotopic (exact) mass is 236 g/mol. The molecule has 3 nitrogen and oxygen atoms in total. The standard InChI is InChI=1S/C13H21BO3/c1-2-10-17-11-4-3-5-12-6-8-13(9-7-12)14(15)16/h6-9,15-16H,2-5,10-11H2,1H3. The fourth-order valence-electron chi connectivity index (χ4n) is 1.64. The Morgan fingerprint density at radius 1 is 1.06 bits per heavy atom. The molecule has 0 spiro atoms. The maximum Gasteiger partial charge on any atom is 0.488 e. The number of hydrogen-bond donors (Lipinski definition) is 2. The lowest BCUT2D eigenvalue weighted by atomic mass is 9.80. The lowest BCUT2D eigenvalue weighted by molar-refractivity contribution is 0.131. The number of ether oxygens (including phenoxy) is 1. The van der Waals surface area contributed by atoms with Gasteiger partial charge in [0.15, 0.2) is 0 Å². The van der Waals surface area contributed by atoms with Crippen molar-refractivity contribution in [3.05, 3.63) is 29.8 Å². The summed E-state index contributed by atoms with van der Waals surface area (Å²) in [4.78, 5) is 0. The molecule has 0 aliphatic rings. The number of benzene rings is 1. The highest BCUT2D eigenvalue weighted by molar-refractivity contribution is 6.58. The van der Waals surface area contributed by atoms with E-state index < -0.39 is 7.12 Å². The fraction of sp³-hybridized carbons (Fsp3) is 0.538. The lowest BCUT2D eigenvalue weighted by Gasteiger charge is -2.04. The van der Waals surface area contributed by atoms with Gasteiger partial charge in [-0.25, -0.2) is 0 Å². The Morgan fingerprint density at radius 2 is 1.76 bits per heavy atom. The van der Waals surface area contributed by atoms with Crippen LogP contribution >= 0.6 is 0 Å². The van der Waals surface area contributed by atoms with E-state index in [9.17, 15) is 0 Å². The minimum absolute atomic E-state index is 0.542. The van der Waals surface area contributed by atoms with Gasteiger partial charge in [-0.3, -0.25) is 0 Å². The third kappa shape index (κ3) is 5.87. The van der Waals surface area contributed by atoms with Crippen LogP contribution in [0.3, 0.4) is 0 Å². The van der Waals surface area contributed by atoms with Crippen LogP contribution < -0.4 is 5.46 Å². The van der Waals surface area contributed by atoms with E-state index in [2.05, 4.69) is 6.92 Å². The van der Waals surface area contributed by atoms with Crippen molar-refractivity contribution in [2.24, 2.45) is 0 Å². The Labute approximate surface area is 104 Å². The Morgan fingerprint density at radius 3 is 2.35 bits per heavy atom. The second-order valence-corrected chi connectivity index (χ2v) is 4.18. The molecule has 0 bridgehead atoms. The van der Waals surface area contributed by atoms with Gasteiger partial charge in [-0.05, 0) is 36.7 Å². The molecule has 0 fully saturated rings. The molecule has 0 unspecified atom stereocenters. The summed E-state index contributed by atoms with van der Waals surface area (Å²) in [6, 6.07) is 7.41. The van der Waals surface area contributed by atoms with E-state index >= 15 is 0 Å². The Kier molecular flexibility index (Phi) is 6.93. The van der Waals surface area contributed by atoms with Crippen LogP contribution in [0.1, 0.15) is 31.7 Å². The normalized spacial score (nSPS) is 10.5. The molecule has 1 aromatic rings. The second kappa shape index (κ2) is 8.28. The summed E-state index contributed by atoms with van der Waals surface area (Å²) in [5.74, 6) is 0. The van der Waals surface area contributed by atoms with Gasteiger partial charge in [0.2, 0.25) is 0 Å². The zero-order chi connectivity index (χ0) is 12.5. The summed E-state index contributed by atoms with van der Waals surface area (Å²) in [6.45, 7) is 3.79. The summed E-state index contributed by atoms with van der Waals surface area (Å²) in [5.41, 5.74) is 1.77. The van der Waals surface area contributed by atoms with Crippen molar-refractivity contribution in [3.8, 4) is 0 Å². The van der Waals surface area contributed by atoms with Crippen molar-refractivity contribution in [2.75, 3.05) is 13.2 Å². The van der Waals surface area contributed by atoms with Crippen LogP contribution in [0.2, 0.25) is 0 Å². The van der Waals surface area contributed by atoms with E-state index in [1.807, 2.05) is 12.1 Å². The van der Waals surface area contributed by atoms with Gasteiger partial charge in [-0.15, -0.1) is 0 Å². The third-order valence-corrected chi connectivity index (χ3v) is 2.63. The highest BCUT2D eigenvalue weighted by Gasteiger charge is 2.09. The van der Waals surface area contributed by atoms with Gasteiger partial charge >= 0.3 is 7.12 Å². The molecule has 0 aliphatic heterocycles. The molecule has 0 amide bonds. The second-order valence-electron chi connectivity index (χ2n) is 4.18. The number of hydrogen-bond acceptors (Lipinski definition) is 3. The Bertz CT molecular complexity index is 298. The molecule has 17 heavy (non-hydrogen) atoms. The summed E-state index contributed by atoms with van der Waals surface area (Å²) in [5, 5.41) is 17.9. The van der Waals surface area contributed by atoms with Crippen molar-refractivity contribution in [1.29, 1.82) is 0 Å². The average Bonchev–Trinajstić information content (AvgIpc) is 2.34. The molecule has 0 aliphatic carbocycles. The van der Waals surface area contributed by atoms with Crippen LogP contribution in [0, 0.1) is 0 Å². The summed E-state index contributed by atoms with van der Waals surface area (Å²) < 4.78 is 5.41. The average molecular weight is 236 g/mol. The van der Waals surface area contributed by atoms with Gasteiger partial charge in [-0.2, -0.15) is 0 Å². The first-order valence-electron chi connectivity index (χ1n) is 6.26. The predicted octanol–water partition coefficient (Wildman–Crippen LogP) is 1.12. The van der Waals surface area contributed by atoms with Crippen LogP contribution in [0.5, 0.6) is 0 Å². The molecule has 94 valence electrons. The molecule has 2 N–H and O–H groups in total. The first-order valence-corrected chi connectivity index (χ1v) is 6.26. The lowest BCUT2D eigenvalue weighted by Crippen LogP contribution is -2.29. The van der Waals surface area contributed by atoms with Gasteiger partial charge < -0.3 is 14.8 Å². The minimum atomic E-state index is -1.37. The van der Waals surface area contributed by atoms with Crippen LogP contribution in [0.4, 0.5) is 0 Å². The molecule has 0 radical (unpaired) electrons. The van der Waals surface area contributed by atoms with Crippen molar-refractivity contribution >= 4 is 12.6 Å². The van der Waals surface area contributed by atoms with Crippen LogP contribution in [0.15, 0.2) is 24.3 Å². The van der Waals surface area contributed by atoms with Crippen molar-refractivity contribution in [3.63, 3.8) is 0 Å². The highest BCUT2D eigenvalue weighted by atomic mass is 16.5. The maximum atomic E-state index is 8.95. The third-order valence-electron chi connectivity index (χ3n) is 2.63. The zero-order valence-electron chi connectivity index (χ0n) is 10.4. The van der Waals surface area contributed by atoms with Crippen molar-refractivity contribution < 1.29 is 14.8 Å². The van der Waals surface area contributed by atoms with E-state index in [4.69, 9.17) is 14.8 Å². The van der Waals surface area contributed by atoms with Crippen molar-refractivity contribution in [1.82, 2.24) is 0 Å². The van der Waals surface area contributed by atoms with E-state index in [1.54, 1.807) is 12.1 Å². The molecule has 0 atom stereocenters. The predicted molar refractivity (Wildman–Crippen MR) is 70.3 cm³/mol. The van der Waals surface area contributed by atoms with E-state index in [0.29, 0.717) is 5.46 Å². The number of unbranched alkanes of at least 4 members (excludes halogenated alkanes) is 1. The van der Waals surface area contributed by atoms with Crippen LogP contribution in [0.25, 0.3) is 0 Å². The van der Waals surface area contributed by atoms with Crippen molar-refractivity contribution in [2.45, 2.75) is 32.6 Å². The van der Waals surface area contributed by atoms with Crippen LogP contribution in [-0.2, 0) is 11.2 Å². The van der Waals surface area contributed by atoms with Gasteiger partial charge in [-0.1, -0.05) is 31.2 Å². The fourth-order valence-corrected chi connectivity index (χ4v) is 1.64. The highest BCUT2D eigenvalue weighted by Crippen LogP contribution is 2.04. The van der Waals surface area contributed by atoms with E-state index in [-0.39, 0.29) is 0 Å². The van der Waals surface area contributed by atoms with Crippen LogP contribution in [-0.4, -0.2) is 30.4 Å². The maximum absolute atomic E-state index is 8.95. The molecule has 0 saturated carbocycles. The van der Waals surface area contributed by atoms with Gasteiger partial charge in [0.1, 0.15) is 0 Å².